The zero-order chi connectivity index (χ0) is 14.7. The first-order chi connectivity index (χ1) is 10.3. The summed E-state index contributed by atoms with van der Waals surface area (Å²) in [6, 6.07) is 5.76. The molecule has 1 aromatic heterocycles. The standard InChI is InChI=1S/C15H19N5O/c1-11-13(17-15(21)12-6-3-2-4-7-12)8-5-9-14(11)20-10-16-18-19-20/h5,8-10,12H,2-4,6-7H2,1H3,(H,17,21). The minimum Gasteiger partial charge on any atom is -0.326 e. The van der Waals surface area contributed by atoms with Crippen LogP contribution >= 0.6 is 0 Å². The number of anilines is 1. The molecule has 1 aliphatic rings. The Morgan fingerprint density at radius 3 is 2.81 bits per heavy atom. The fourth-order valence-electron chi connectivity index (χ4n) is 2.88. The molecule has 1 aliphatic carbocycles. The van der Waals surface area contributed by atoms with E-state index in [-0.39, 0.29) is 11.8 Å². The van der Waals surface area contributed by atoms with Gasteiger partial charge in [-0.2, -0.15) is 0 Å². The van der Waals surface area contributed by atoms with Crippen molar-refractivity contribution in [1.82, 2.24) is 20.2 Å². The molecule has 1 heterocycles. The van der Waals surface area contributed by atoms with Crippen molar-refractivity contribution in [3.05, 3.63) is 30.1 Å². The fraction of sp³-hybridized carbons (Fsp3) is 0.467. The van der Waals surface area contributed by atoms with E-state index in [0.29, 0.717) is 0 Å². The van der Waals surface area contributed by atoms with Crippen LogP contribution in [0, 0.1) is 12.8 Å². The number of hydrogen-bond acceptors (Lipinski definition) is 4. The summed E-state index contributed by atoms with van der Waals surface area (Å²) in [6.45, 7) is 1.97. The summed E-state index contributed by atoms with van der Waals surface area (Å²) < 4.78 is 1.60. The second kappa shape index (κ2) is 6.03. The number of tetrazole rings is 1. The fourth-order valence-corrected chi connectivity index (χ4v) is 2.88. The Kier molecular flexibility index (Phi) is 3.94. The summed E-state index contributed by atoms with van der Waals surface area (Å²) in [4.78, 5) is 12.4. The number of carbonyl (C=O) groups is 1. The van der Waals surface area contributed by atoms with E-state index in [0.717, 1.165) is 42.6 Å². The second-order valence-electron chi connectivity index (χ2n) is 5.53. The zero-order valence-electron chi connectivity index (χ0n) is 12.1. The predicted octanol–water partition coefficient (Wildman–Crippen LogP) is 2.49. The summed E-state index contributed by atoms with van der Waals surface area (Å²) in [5.74, 6) is 0.279. The predicted molar refractivity (Wildman–Crippen MR) is 79.1 cm³/mol. The van der Waals surface area contributed by atoms with Crippen LogP contribution in [0.5, 0.6) is 0 Å². The molecule has 1 N–H and O–H groups in total. The first kappa shape index (κ1) is 13.7. The topological polar surface area (TPSA) is 72.7 Å². The lowest BCUT2D eigenvalue weighted by Gasteiger charge is -2.21. The van der Waals surface area contributed by atoms with E-state index in [1.165, 1.54) is 6.42 Å². The molecule has 0 unspecified atom stereocenters. The highest BCUT2D eigenvalue weighted by Crippen LogP contribution is 2.27. The quantitative estimate of drug-likeness (QED) is 0.940. The van der Waals surface area contributed by atoms with Crippen LogP contribution in [-0.4, -0.2) is 26.1 Å². The van der Waals surface area contributed by atoms with Gasteiger partial charge in [0, 0.05) is 11.6 Å². The number of nitrogens with one attached hydrogen (secondary N) is 1. The Balaban J connectivity index is 1.79. The second-order valence-corrected chi connectivity index (χ2v) is 5.53. The number of nitrogens with zero attached hydrogens (tertiary/aromatic N) is 4. The van der Waals surface area contributed by atoms with Crippen molar-refractivity contribution < 1.29 is 4.79 Å². The third kappa shape index (κ3) is 2.94. The van der Waals surface area contributed by atoms with Gasteiger partial charge in [-0.05, 0) is 47.9 Å². The minimum atomic E-state index is 0.131. The van der Waals surface area contributed by atoms with Gasteiger partial charge in [-0.25, -0.2) is 4.68 Å². The highest BCUT2D eigenvalue weighted by atomic mass is 16.1. The van der Waals surface area contributed by atoms with Crippen LogP contribution in [0.4, 0.5) is 5.69 Å². The van der Waals surface area contributed by atoms with Crippen molar-refractivity contribution in [1.29, 1.82) is 0 Å². The Morgan fingerprint density at radius 1 is 1.29 bits per heavy atom. The van der Waals surface area contributed by atoms with Crippen LogP contribution in [0.1, 0.15) is 37.7 Å². The summed E-state index contributed by atoms with van der Waals surface area (Å²) in [6.07, 6.45) is 7.10. The van der Waals surface area contributed by atoms with Gasteiger partial charge in [0.2, 0.25) is 5.91 Å². The van der Waals surface area contributed by atoms with Gasteiger partial charge in [0.05, 0.1) is 5.69 Å². The van der Waals surface area contributed by atoms with Crippen molar-refractivity contribution in [3.8, 4) is 5.69 Å². The molecule has 1 saturated carbocycles. The van der Waals surface area contributed by atoms with Crippen molar-refractivity contribution in [2.24, 2.45) is 5.92 Å². The van der Waals surface area contributed by atoms with E-state index in [4.69, 9.17) is 0 Å². The molecule has 6 nitrogen and oxygen atoms in total. The molecule has 2 aromatic rings. The van der Waals surface area contributed by atoms with Crippen LogP contribution in [0.25, 0.3) is 5.69 Å². The minimum absolute atomic E-state index is 0.131. The highest BCUT2D eigenvalue weighted by molar-refractivity contribution is 5.93. The van der Waals surface area contributed by atoms with E-state index in [1.807, 2.05) is 25.1 Å². The van der Waals surface area contributed by atoms with Crippen molar-refractivity contribution in [2.45, 2.75) is 39.0 Å². The first-order valence-corrected chi connectivity index (χ1v) is 7.39. The molecule has 6 heteroatoms. The van der Waals surface area contributed by atoms with Crippen molar-refractivity contribution in [2.75, 3.05) is 5.32 Å². The summed E-state index contributed by atoms with van der Waals surface area (Å²) in [5.41, 5.74) is 2.67. The van der Waals surface area contributed by atoms with E-state index >= 15 is 0 Å². The molecule has 0 radical (unpaired) electrons. The van der Waals surface area contributed by atoms with Crippen LogP contribution in [0.15, 0.2) is 24.5 Å². The monoisotopic (exact) mass is 285 g/mol. The Morgan fingerprint density at radius 2 is 2.10 bits per heavy atom. The van der Waals surface area contributed by atoms with E-state index in [9.17, 15) is 4.79 Å². The van der Waals surface area contributed by atoms with Gasteiger partial charge in [0.25, 0.3) is 0 Å². The Hall–Kier alpha value is -2.24. The molecule has 1 fully saturated rings. The van der Waals surface area contributed by atoms with Crippen molar-refractivity contribution >= 4 is 11.6 Å². The lowest BCUT2D eigenvalue weighted by molar-refractivity contribution is -0.120. The normalized spacial score (nSPS) is 15.9. The lowest BCUT2D eigenvalue weighted by atomic mass is 9.88. The molecule has 0 atom stereocenters. The molecule has 110 valence electrons. The highest BCUT2D eigenvalue weighted by Gasteiger charge is 2.21. The largest absolute Gasteiger partial charge is 0.326 e. The molecule has 0 aliphatic heterocycles. The molecule has 1 amide bonds. The number of rotatable bonds is 3. The average molecular weight is 285 g/mol. The Labute approximate surface area is 123 Å². The molecule has 1 aromatic carbocycles. The Bertz CT molecular complexity index is 617. The molecule has 0 bridgehead atoms. The maximum atomic E-state index is 12.4. The van der Waals surface area contributed by atoms with Gasteiger partial charge in [0.15, 0.2) is 0 Å². The maximum absolute atomic E-state index is 12.4. The molecule has 0 saturated heterocycles. The summed E-state index contributed by atoms with van der Waals surface area (Å²) in [7, 11) is 0. The average Bonchev–Trinajstić information content (AvgIpc) is 3.04. The summed E-state index contributed by atoms with van der Waals surface area (Å²) >= 11 is 0. The molecule has 3 rings (SSSR count). The van der Waals surface area contributed by atoms with Gasteiger partial charge in [-0.1, -0.05) is 25.3 Å². The van der Waals surface area contributed by atoms with Crippen LogP contribution in [-0.2, 0) is 4.79 Å². The first-order valence-electron chi connectivity index (χ1n) is 7.39. The third-order valence-corrected chi connectivity index (χ3v) is 4.13. The molecule has 0 spiro atoms. The van der Waals surface area contributed by atoms with Crippen LogP contribution in [0.3, 0.4) is 0 Å². The van der Waals surface area contributed by atoms with Gasteiger partial charge >= 0.3 is 0 Å². The van der Waals surface area contributed by atoms with Gasteiger partial charge in [0.1, 0.15) is 6.33 Å². The molecule has 21 heavy (non-hydrogen) atoms. The van der Waals surface area contributed by atoms with Crippen LogP contribution < -0.4 is 5.32 Å². The van der Waals surface area contributed by atoms with Gasteiger partial charge in [-0.3, -0.25) is 4.79 Å². The van der Waals surface area contributed by atoms with Gasteiger partial charge in [-0.15, -0.1) is 5.10 Å². The van der Waals surface area contributed by atoms with Crippen molar-refractivity contribution in [3.63, 3.8) is 0 Å². The van der Waals surface area contributed by atoms with E-state index < -0.39 is 0 Å². The number of amides is 1. The van der Waals surface area contributed by atoms with E-state index in [2.05, 4.69) is 20.8 Å². The summed E-state index contributed by atoms with van der Waals surface area (Å²) in [5, 5.41) is 14.3. The molecular formula is C15H19N5O. The number of hydrogen-bond donors (Lipinski definition) is 1. The van der Waals surface area contributed by atoms with Crippen LogP contribution in [0.2, 0.25) is 0 Å². The number of carbonyl (C=O) groups excluding carboxylic acids is 1. The smallest absolute Gasteiger partial charge is 0.227 e. The van der Waals surface area contributed by atoms with E-state index in [1.54, 1.807) is 11.0 Å². The third-order valence-electron chi connectivity index (χ3n) is 4.13. The zero-order valence-corrected chi connectivity index (χ0v) is 12.1. The SMILES string of the molecule is Cc1c(NC(=O)C2CCCCC2)cccc1-n1cnnn1. The number of aromatic nitrogens is 4. The molecular weight excluding hydrogens is 266 g/mol. The number of benzene rings is 1. The maximum Gasteiger partial charge on any atom is 0.227 e. The van der Waals surface area contributed by atoms with Gasteiger partial charge < -0.3 is 5.32 Å². The lowest BCUT2D eigenvalue weighted by Crippen LogP contribution is -2.25.